The second-order valence-corrected chi connectivity index (χ2v) is 4.93. The zero-order valence-corrected chi connectivity index (χ0v) is 12.1. The molecule has 0 heterocycles. The number of nitrogens with zero attached hydrogens (tertiary/aromatic N) is 1. The van der Waals surface area contributed by atoms with Crippen LogP contribution in [0.1, 0.15) is 26.3 Å². The average molecular weight is 301 g/mol. The number of benzene rings is 2. The molecule has 6 heteroatoms. The summed E-state index contributed by atoms with van der Waals surface area (Å²) in [6, 6.07) is 8.22. The molecule has 0 radical (unpaired) electrons. The molecule has 0 aliphatic rings. The number of para-hydroxylation sites is 1. The Morgan fingerprint density at radius 3 is 2.18 bits per heavy atom. The lowest BCUT2D eigenvalue weighted by Gasteiger charge is -2.19. The highest BCUT2D eigenvalue weighted by Gasteiger charge is 2.25. The van der Waals surface area contributed by atoms with Crippen LogP contribution in [0.15, 0.2) is 36.4 Å². The Morgan fingerprint density at radius 2 is 1.64 bits per heavy atom. The molecule has 0 saturated heterocycles. The van der Waals surface area contributed by atoms with Gasteiger partial charge in [-0.1, -0.05) is 12.1 Å². The van der Waals surface area contributed by atoms with E-state index in [2.05, 4.69) is 0 Å². The van der Waals surface area contributed by atoms with Crippen LogP contribution in [0.5, 0.6) is 11.5 Å². The Hall–Kier alpha value is -3.02. The second-order valence-electron chi connectivity index (χ2n) is 4.93. The Labute approximate surface area is 126 Å². The van der Waals surface area contributed by atoms with E-state index in [9.17, 15) is 24.9 Å². The second kappa shape index (κ2) is 5.77. The molecule has 3 N–H and O–H groups in total. The lowest BCUT2D eigenvalue weighted by molar-refractivity contribution is 0.0692. The molecule has 0 spiro atoms. The Balaban J connectivity index is 2.75. The van der Waals surface area contributed by atoms with Crippen LogP contribution in [0.2, 0.25) is 0 Å². The minimum Gasteiger partial charge on any atom is -0.508 e. The number of hydrogen-bond donors (Lipinski definition) is 3. The maximum absolute atomic E-state index is 12.7. The molecular weight excluding hydrogens is 286 g/mol. The van der Waals surface area contributed by atoms with Gasteiger partial charge in [0.2, 0.25) is 0 Å². The van der Waals surface area contributed by atoms with Gasteiger partial charge in [0, 0.05) is 20.2 Å². The molecule has 0 aliphatic heterocycles. The van der Waals surface area contributed by atoms with Crippen molar-refractivity contribution in [2.75, 3.05) is 19.0 Å². The van der Waals surface area contributed by atoms with Gasteiger partial charge < -0.3 is 20.2 Å². The van der Waals surface area contributed by atoms with E-state index in [0.29, 0.717) is 0 Å². The molecule has 2 aromatic rings. The average Bonchev–Trinajstić information content (AvgIpc) is 2.46. The summed E-state index contributed by atoms with van der Waals surface area (Å²) < 4.78 is 0. The van der Waals surface area contributed by atoms with Crippen molar-refractivity contribution >= 4 is 17.4 Å². The van der Waals surface area contributed by atoms with Crippen molar-refractivity contribution in [3.63, 3.8) is 0 Å². The Bertz CT molecular complexity index is 752. The number of carboxylic acids is 1. The number of carbonyl (C=O) groups excluding carboxylic acids is 1. The van der Waals surface area contributed by atoms with Crippen LogP contribution in [0.3, 0.4) is 0 Å². The van der Waals surface area contributed by atoms with Gasteiger partial charge in [-0.25, -0.2) is 4.79 Å². The maximum atomic E-state index is 12.7. The fourth-order valence-electron chi connectivity index (χ4n) is 2.17. The topological polar surface area (TPSA) is 98.1 Å². The zero-order valence-electron chi connectivity index (χ0n) is 12.1. The summed E-state index contributed by atoms with van der Waals surface area (Å²) in [5, 5.41) is 28.8. The highest BCUT2D eigenvalue weighted by molar-refractivity contribution is 6.18. The van der Waals surface area contributed by atoms with Crippen LogP contribution in [0.25, 0.3) is 0 Å². The first-order chi connectivity index (χ1) is 10.3. The summed E-state index contributed by atoms with van der Waals surface area (Å²) in [5.74, 6) is -2.45. The van der Waals surface area contributed by atoms with Gasteiger partial charge in [0.05, 0.1) is 22.4 Å². The first kappa shape index (κ1) is 15.4. The molecule has 0 amide bonds. The number of anilines is 1. The molecule has 22 heavy (non-hydrogen) atoms. The summed E-state index contributed by atoms with van der Waals surface area (Å²) in [6.45, 7) is 0. The number of phenols is 2. The van der Waals surface area contributed by atoms with Gasteiger partial charge in [-0.15, -0.1) is 0 Å². The van der Waals surface area contributed by atoms with Gasteiger partial charge in [-0.05, 0) is 18.2 Å². The summed E-state index contributed by atoms with van der Waals surface area (Å²) in [6.07, 6.45) is 0. The Kier molecular flexibility index (Phi) is 4.03. The van der Waals surface area contributed by atoms with Crippen LogP contribution in [0, 0.1) is 0 Å². The lowest BCUT2D eigenvalue weighted by Crippen LogP contribution is -2.18. The number of phenolic OH excluding ortho intramolecular Hbond substituents is 2. The van der Waals surface area contributed by atoms with Crippen molar-refractivity contribution < 1.29 is 24.9 Å². The summed E-state index contributed by atoms with van der Waals surface area (Å²) >= 11 is 0. The number of rotatable bonds is 4. The summed E-state index contributed by atoms with van der Waals surface area (Å²) in [7, 11) is 3.25. The van der Waals surface area contributed by atoms with Crippen LogP contribution in [-0.4, -0.2) is 41.2 Å². The number of aromatic carboxylic acids is 1. The lowest BCUT2D eigenvalue weighted by atomic mass is 9.95. The van der Waals surface area contributed by atoms with E-state index >= 15 is 0 Å². The number of aromatic hydroxyl groups is 2. The molecule has 0 saturated carbocycles. The van der Waals surface area contributed by atoms with Crippen molar-refractivity contribution in [3.8, 4) is 11.5 Å². The predicted octanol–water partition coefficient (Wildman–Crippen LogP) is 2.09. The van der Waals surface area contributed by atoms with Gasteiger partial charge >= 0.3 is 5.97 Å². The van der Waals surface area contributed by atoms with Crippen molar-refractivity contribution in [3.05, 3.63) is 53.1 Å². The molecule has 0 aliphatic carbocycles. The van der Waals surface area contributed by atoms with E-state index in [1.807, 2.05) is 0 Å². The minimum atomic E-state index is -1.34. The fourth-order valence-corrected chi connectivity index (χ4v) is 2.17. The summed E-state index contributed by atoms with van der Waals surface area (Å²) in [5.41, 5.74) is -0.154. The van der Waals surface area contributed by atoms with Gasteiger partial charge in [0.1, 0.15) is 11.5 Å². The smallest absolute Gasteiger partial charge is 0.336 e. The van der Waals surface area contributed by atoms with Gasteiger partial charge in [-0.2, -0.15) is 0 Å². The quantitative estimate of drug-likeness (QED) is 0.748. The molecular formula is C16H15NO5. The third-order valence-corrected chi connectivity index (χ3v) is 3.19. The largest absolute Gasteiger partial charge is 0.508 e. The molecule has 0 unspecified atom stereocenters. The van der Waals surface area contributed by atoms with Crippen LogP contribution in [-0.2, 0) is 0 Å². The first-order valence-corrected chi connectivity index (χ1v) is 6.43. The number of ketones is 1. The molecule has 2 aromatic carbocycles. The van der Waals surface area contributed by atoms with Gasteiger partial charge in [-0.3, -0.25) is 4.79 Å². The van der Waals surface area contributed by atoms with Crippen LogP contribution in [0.4, 0.5) is 5.69 Å². The van der Waals surface area contributed by atoms with E-state index in [1.54, 1.807) is 26.2 Å². The van der Waals surface area contributed by atoms with Crippen molar-refractivity contribution in [1.82, 2.24) is 0 Å². The normalized spacial score (nSPS) is 10.3. The third kappa shape index (κ3) is 2.71. The van der Waals surface area contributed by atoms with E-state index in [4.69, 9.17) is 0 Å². The molecule has 0 atom stereocenters. The van der Waals surface area contributed by atoms with Gasteiger partial charge in [0.15, 0.2) is 5.78 Å². The minimum absolute atomic E-state index is 0.00112. The highest BCUT2D eigenvalue weighted by atomic mass is 16.4. The predicted molar refractivity (Wildman–Crippen MR) is 80.9 cm³/mol. The van der Waals surface area contributed by atoms with Crippen LogP contribution < -0.4 is 4.90 Å². The first-order valence-electron chi connectivity index (χ1n) is 6.43. The molecule has 0 fully saturated rings. The number of carbonyl (C=O) groups is 2. The molecule has 6 nitrogen and oxygen atoms in total. The molecule has 114 valence electrons. The molecule has 0 aromatic heterocycles. The Morgan fingerprint density at radius 1 is 1.00 bits per heavy atom. The van der Waals surface area contributed by atoms with E-state index in [0.717, 1.165) is 6.07 Å². The van der Waals surface area contributed by atoms with E-state index < -0.39 is 11.8 Å². The number of carboxylic acid groups (broad SMARTS) is 1. The van der Waals surface area contributed by atoms with E-state index in [-0.39, 0.29) is 33.9 Å². The monoisotopic (exact) mass is 301 g/mol. The van der Waals surface area contributed by atoms with E-state index in [1.165, 1.54) is 23.1 Å². The highest BCUT2D eigenvalue weighted by Crippen LogP contribution is 2.32. The maximum Gasteiger partial charge on any atom is 0.336 e. The summed E-state index contributed by atoms with van der Waals surface area (Å²) in [4.78, 5) is 25.6. The third-order valence-electron chi connectivity index (χ3n) is 3.19. The van der Waals surface area contributed by atoms with Crippen LogP contribution >= 0.6 is 0 Å². The molecule has 2 rings (SSSR count). The standard InChI is InChI=1S/C16H15NO5/c1-17(2)12-8-9(18)7-11(16(21)22)14(12)15(20)10-5-3-4-6-13(10)19/h3-8,18-19H,1-2H3,(H,21,22). The van der Waals surface area contributed by atoms with Gasteiger partial charge in [0.25, 0.3) is 0 Å². The van der Waals surface area contributed by atoms with Crippen molar-refractivity contribution in [1.29, 1.82) is 0 Å². The zero-order chi connectivity index (χ0) is 16.4. The van der Waals surface area contributed by atoms with Crippen molar-refractivity contribution in [2.45, 2.75) is 0 Å². The SMILES string of the molecule is CN(C)c1cc(O)cc(C(=O)O)c1C(=O)c1ccccc1O. The fraction of sp³-hybridized carbons (Fsp3) is 0.125. The van der Waals surface area contributed by atoms with Crippen molar-refractivity contribution in [2.24, 2.45) is 0 Å². The molecule has 0 bridgehead atoms. The number of hydrogen-bond acceptors (Lipinski definition) is 5.